The molecule has 0 fully saturated rings. The summed E-state index contributed by atoms with van der Waals surface area (Å²) in [5.41, 5.74) is 2.04. The lowest BCUT2D eigenvalue weighted by Gasteiger charge is -2.30. The molecule has 1 aromatic heterocycles. The lowest BCUT2D eigenvalue weighted by molar-refractivity contribution is 0.0935. The van der Waals surface area contributed by atoms with Crippen molar-refractivity contribution >= 4 is 29.0 Å². The molecule has 6 nitrogen and oxygen atoms in total. The molecule has 1 atom stereocenters. The number of H-pyrrole nitrogens is 1. The highest BCUT2D eigenvalue weighted by Crippen LogP contribution is 2.20. The van der Waals surface area contributed by atoms with Gasteiger partial charge < -0.3 is 10.3 Å². The number of aromatic amines is 1. The number of fused-ring (bicyclic) bond motifs is 1. The van der Waals surface area contributed by atoms with E-state index in [1.165, 1.54) is 10.1 Å². The number of amides is 1. The fraction of sp³-hybridized carbons (Fsp3) is 0.318. The number of hydrogen-bond donors (Lipinski definition) is 2. The van der Waals surface area contributed by atoms with E-state index in [9.17, 15) is 9.59 Å². The predicted octanol–water partition coefficient (Wildman–Crippen LogP) is 3.41. The van der Waals surface area contributed by atoms with Gasteiger partial charge in [0.2, 0.25) is 0 Å². The topological polar surface area (TPSA) is 70.1 Å². The van der Waals surface area contributed by atoms with Gasteiger partial charge in [-0.1, -0.05) is 44.2 Å². The summed E-state index contributed by atoms with van der Waals surface area (Å²) in [7, 11) is 1.62. The van der Waals surface area contributed by atoms with Crippen molar-refractivity contribution in [2.24, 2.45) is 7.05 Å². The maximum absolute atomic E-state index is 12.8. The summed E-state index contributed by atoms with van der Waals surface area (Å²) in [6.07, 6.45) is 0. The van der Waals surface area contributed by atoms with Gasteiger partial charge in [-0.15, -0.1) is 0 Å². The van der Waals surface area contributed by atoms with E-state index in [0.717, 1.165) is 13.1 Å². The Morgan fingerprint density at radius 3 is 2.52 bits per heavy atom. The third-order valence-corrected chi connectivity index (χ3v) is 5.63. The van der Waals surface area contributed by atoms with Gasteiger partial charge in [-0.05, 0) is 49.1 Å². The molecule has 2 N–H and O–H groups in total. The second-order valence-electron chi connectivity index (χ2n) is 6.91. The molecule has 0 spiro atoms. The van der Waals surface area contributed by atoms with Crippen LogP contribution < -0.4 is 10.9 Å². The molecule has 1 heterocycles. The molecular formula is C22H26N4O2S. The fourth-order valence-electron chi connectivity index (χ4n) is 3.54. The Morgan fingerprint density at radius 2 is 1.86 bits per heavy atom. The summed E-state index contributed by atoms with van der Waals surface area (Å²) in [5.74, 6) is -0.181. The Hall–Kier alpha value is -2.77. The molecule has 0 bridgehead atoms. The van der Waals surface area contributed by atoms with Crippen LogP contribution in [0.2, 0.25) is 0 Å². The van der Waals surface area contributed by atoms with Crippen LogP contribution in [0.4, 0.5) is 0 Å². The summed E-state index contributed by atoms with van der Waals surface area (Å²) in [5, 5.41) is 3.55. The van der Waals surface area contributed by atoms with E-state index in [1.54, 1.807) is 25.2 Å². The number of benzene rings is 2. The first kappa shape index (κ1) is 21.0. The number of rotatable bonds is 7. The van der Waals surface area contributed by atoms with Crippen molar-refractivity contribution in [2.45, 2.75) is 19.9 Å². The van der Waals surface area contributed by atoms with Gasteiger partial charge >= 0.3 is 0 Å². The van der Waals surface area contributed by atoms with Gasteiger partial charge in [0, 0.05) is 19.2 Å². The Balaban J connectivity index is 1.84. The van der Waals surface area contributed by atoms with E-state index in [2.05, 4.69) is 41.2 Å². The molecule has 29 heavy (non-hydrogen) atoms. The maximum atomic E-state index is 12.8. The molecule has 2 aromatic carbocycles. The van der Waals surface area contributed by atoms with Gasteiger partial charge in [0.25, 0.3) is 11.5 Å². The van der Waals surface area contributed by atoms with E-state index in [0.29, 0.717) is 27.8 Å². The van der Waals surface area contributed by atoms with Crippen LogP contribution in [0.5, 0.6) is 0 Å². The van der Waals surface area contributed by atoms with Gasteiger partial charge in [0.05, 0.1) is 16.9 Å². The van der Waals surface area contributed by atoms with Crippen molar-refractivity contribution in [3.05, 3.63) is 74.8 Å². The molecule has 7 heteroatoms. The average molecular weight is 411 g/mol. The number of nitrogens with one attached hydrogen (secondary N) is 2. The normalized spacial score (nSPS) is 12.3. The van der Waals surface area contributed by atoms with Gasteiger partial charge in [0.15, 0.2) is 4.77 Å². The maximum Gasteiger partial charge on any atom is 0.261 e. The highest BCUT2D eigenvalue weighted by Gasteiger charge is 2.19. The van der Waals surface area contributed by atoms with E-state index >= 15 is 0 Å². The smallest absolute Gasteiger partial charge is 0.261 e. The van der Waals surface area contributed by atoms with Crippen LogP contribution >= 0.6 is 12.2 Å². The first-order valence-electron chi connectivity index (χ1n) is 9.76. The van der Waals surface area contributed by atoms with Crippen LogP contribution in [-0.2, 0) is 7.05 Å². The van der Waals surface area contributed by atoms with Crippen LogP contribution in [0.25, 0.3) is 10.9 Å². The van der Waals surface area contributed by atoms with Crippen molar-refractivity contribution in [3.63, 3.8) is 0 Å². The lowest BCUT2D eigenvalue weighted by atomic mass is 10.0. The molecule has 0 aliphatic carbocycles. The van der Waals surface area contributed by atoms with E-state index in [1.807, 2.05) is 18.2 Å². The molecule has 0 aliphatic rings. The Bertz CT molecular complexity index is 1120. The summed E-state index contributed by atoms with van der Waals surface area (Å²) in [6.45, 7) is 6.51. The number of carbonyl (C=O) groups is 1. The highest BCUT2D eigenvalue weighted by molar-refractivity contribution is 7.71. The highest BCUT2D eigenvalue weighted by atomic mass is 32.1. The molecule has 0 radical (unpaired) electrons. The third-order valence-electron chi connectivity index (χ3n) is 5.26. The molecule has 3 aromatic rings. The van der Waals surface area contributed by atoms with Gasteiger partial charge in [-0.25, -0.2) is 0 Å². The van der Waals surface area contributed by atoms with Crippen LogP contribution in [0, 0.1) is 4.77 Å². The summed E-state index contributed by atoms with van der Waals surface area (Å²) >= 11 is 5.17. The minimum Gasteiger partial charge on any atom is -0.350 e. The average Bonchev–Trinajstić information content (AvgIpc) is 2.75. The van der Waals surface area contributed by atoms with Gasteiger partial charge in [-0.2, -0.15) is 0 Å². The number of likely N-dealkylation sites (N-methyl/N-ethyl adjacent to an activating group) is 1. The Morgan fingerprint density at radius 1 is 1.17 bits per heavy atom. The Labute approximate surface area is 175 Å². The fourth-order valence-corrected chi connectivity index (χ4v) is 3.73. The zero-order valence-corrected chi connectivity index (χ0v) is 17.8. The minimum atomic E-state index is -0.181. The largest absolute Gasteiger partial charge is 0.350 e. The second-order valence-corrected chi connectivity index (χ2v) is 7.30. The first-order valence-corrected chi connectivity index (χ1v) is 10.2. The molecule has 152 valence electrons. The summed E-state index contributed by atoms with van der Waals surface area (Å²) in [4.78, 5) is 30.4. The van der Waals surface area contributed by atoms with Crippen LogP contribution in [0.3, 0.4) is 0 Å². The van der Waals surface area contributed by atoms with Gasteiger partial charge in [0.1, 0.15) is 0 Å². The number of aromatic nitrogens is 2. The van der Waals surface area contributed by atoms with Crippen molar-refractivity contribution in [2.75, 3.05) is 19.6 Å². The number of carbonyl (C=O) groups excluding carboxylic acids is 1. The number of nitrogens with zero attached hydrogens (tertiary/aromatic N) is 2. The second kappa shape index (κ2) is 9.15. The lowest BCUT2D eigenvalue weighted by Crippen LogP contribution is -2.38. The van der Waals surface area contributed by atoms with Crippen LogP contribution in [0.1, 0.15) is 35.8 Å². The predicted molar refractivity (Wildman–Crippen MR) is 119 cm³/mol. The molecule has 0 saturated carbocycles. The zero-order chi connectivity index (χ0) is 21.0. The molecular weight excluding hydrogens is 384 g/mol. The summed E-state index contributed by atoms with van der Waals surface area (Å²) < 4.78 is 1.71. The van der Waals surface area contributed by atoms with E-state index in [4.69, 9.17) is 12.2 Å². The molecule has 1 amide bonds. The zero-order valence-electron chi connectivity index (χ0n) is 16.9. The Kier molecular flexibility index (Phi) is 6.61. The van der Waals surface area contributed by atoms with Crippen molar-refractivity contribution in [3.8, 4) is 0 Å². The van der Waals surface area contributed by atoms with Crippen molar-refractivity contribution in [1.82, 2.24) is 19.8 Å². The minimum absolute atomic E-state index is 0.0914. The standard InChI is InChI=1S/C22H26N4O2S/c1-4-26(5-2)19(15-9-7-6-8-10-15)14-23-20(27)16-11-12-17-18(13-16)24-22(29)25(3)21(17)28/h6-13,19H,4-5,14H2,1-3H3,(H,23,27)(H,24,29). The molecule has 3 rings (SSSR count). The quantitative estimate of drug-likeness (QED) is 0.586. The van der Waals surface area contributed by atoms with Gasteiger partial charge in [-0.3, -0.25) is 19.1 Å². The molecule has 1 unspecified atom stereocenters. The van der Waals surface area contributed by atoms with E-state index in [-0.39, 0.29) is 17.5 Å². The first-order chi connectivity index (χ1) is 14.0. The van der Waals surface area contributed by atoms with Crippen molar-refractivity contribution < 1.29 is 4.79 Å². The molecule has 0 saturated heterocycles. The monoisotopic (exact) mass is 410 g/mol. The molecule has 0 aliphatic heterocycles. The third kappa shape index (κ3) is 4.46. The van der Waals surface area contributed by atoms with Crippen LogP contribution in [-0.4, -0.2) is 40.0 Å². The SMILES string of the molecule is CCN(CC)C(CNC(=O)c1ccc2c(=O)n(C)c(=S)[nH]c2c1)c1ccccc1. The summed E-state index contributed by atoms with van der Waals surface area (Å²) in [6, 6.07) is 15.3. The van der Waals surface area contributed by atoms with Crippen molar-refractivity contribution in [1.29, 1.82) is 0 Å². The number of hydrogen-bond acceptors (Lipinski definition) is 4. The van der Waals surface area contributed by atoms with E-state index < -0.39 is 0 Å². The van der Waals surface area contributed by atoms with Crippen LogP contribution in [0.15, 0.2) is 53.3 Å².